The normalized spacial score (nSPS) is 26.6. The molecule has 1 aromatic rings. The minimum absolute atomic E-state index is 0. The summed E-state index contributed by atoms with van der Waals surface area (Å²) in [6, 6.07) is 0.407. The van der Waals surface area contributed by atoms with Gasteiger partial charge in [-0.15, -0.1) is 24.0 Å². The molecule has 3 rings (SSSR count). The molecule has 154 valence electrons. The summed E-state index contributed by atoms with van der Waals surface area (Å²) in [6.07, 6.45) is 4.72. The van der Waals surface area contributed by atoms with Gasteiger partial charge in [0.1, 0.15) is 0 Å². The summed E-state index contributed by atoms with van der Waals surface area (Å²) in [5.74, 6) is 1.47. The van der Waals surface area contributed by atoms with Gasteiger partial charge in [-0.1, -0.05) is 27.7 Å². The van der Waals surface area contributed by atoms with Crippen molar-refractivity contribution >= 4 is 29.9 Å². The second-order valence-corrected chi connectivity index (χ2v) is 8.17. The Morgan fingerprint density at radius 1 is 1.33 bits per heavy atom. The number of ether oxygens (including phenoxy) is 1. The van der Waals surface area contributed by atoms with E-state index in [1.807, 2.05) is 18.8 Å². The van der Waals surface area contributed by atoms with Crippen molar-refractivity contribution in [2.75, 3.05) is 13.7 Å². The molecule has 1 saturated carbocycles. The van der Waals surface area contributed by atoms with E-state index in [-0.39, 0.29) is 29.4 Å². The van der Waals surface area contributed by atoms with Crippen LogP contribution >= 0.6 is 24.0 Å². The average Bonchev–Trinajstić information content (AvgIpc) is 2.96. The molecule has 0 bridgehead atoms. The molecule has 1 aromatic heterocycles. The zero-order valence-electron chi connectivity index (χ0n) is 17.6. The number of nitrogens with one attached hydrogen (secondary N) is 2. The van der Waals surface area contributed by atoms with Crippen LogP contribution in [0.1, 0.15) is 57.5 Å². The lowest BCUT2D eigenvalue weighted by Gasteiger charge is -2.60. The molecule has 0 aromatic carbocycles. The molecule has 1 saturated heterocycles. The van der Waals surface area contributed by atoms with Crippen LogP contribution in [0.2, 0.25) is 0 Å². The first kappa shape index (κ1) is 22.5. The Balaban J connectivity index is 0.00000261. The van der Waals surface area contributed by atoms with Crippen molar-refractivity contribution < 1.29 is 4.74 Å². The molecule has 2 aliphatic rings. The van der Waals surface area contributed by atoms with Crippen molar-refractivity contribution in [1.82, 2.24) is 20.4 Å². The molecule has 0 radical (unpaired) electrons. The topological polar surface area (TPSA) is 63.5 Å². The van der Waals surface area contributed by atoms with E-state index in [0.29, 0.717) is 18.1 Å². The second-order valence-electron chi connectivity index (χ2n) is 8.17. The summed E-state index contributed by atoms with van der Waals surface area (Å²) in [5, 5.41) is 11.9. The van der Waals surface area contributed by atoms with E-state index in [1.165, 1.54) is 23.4 Å². The van der Waals surface area contributed by atoms with E-state index in [4.69, 9.17) is 4.74 Å². The lowest BCUT2D eigenvalue weighted by molar-refractivity contribution is -0.188. The van der Waals surface area contributed by atoms with E-state index < -0.39 is 0 Å². The molecule has 3 unspecified atom stereocenters. The Labute approximate surface area is 180 Å². The Bertz CT molecular complexity index is 670. The summed E-state index contributed by atoms with van der Waals surface area (Å²) in [6.45, 7) is 10.6. The highest BCUT2D eigenvalue weighted by molar-refractivity contribution is 14.0. The number of aliphatic imine (C=N–C) groups is 1. The van der Waals surface area contributed by atoms with Crippen molar-refractivity contribution in [3.8, 4) is 0 Å². The molecule has 7 heteroatoms. The number of guanidine groups is 1. The Morgan fingerprint density at radius 2 is 2.07 bits per heavy atom. The number of rotatable bonds is 5. The minimum atomic E-state index is 0. The fraction of sp³-hybridized carbons (Fsp3) is 0.800. The van der Waals surface area contributed by atoms with Crippen LogP contribution in [0.5, 0.6) is 0 Å². The zero-order chi connectivity index (χ0) is 18.9. The fourth-order valence-electron chi connectivity index (χ4n) is 4.92. The summed E-state index contributed by atoms with van der Waals surface area (Å²) < 4.78 is 8.04. The number of aromatic nitrogens is 2. The maximum absolute atomic E-state index is 6.02. The maximum Gasteiger partial charge on any atom is 0.191 e. The van der Waals surface area contributed by atoms with Gasteiger partial charge in [-0.2, -0.15) is 5.10 Å². The van der Waals surface area contributed by atoms with Crippen molar-refractivity contribution in [2.24, 2.45) is 23.4 Å². The molecule has 0 spiro atoms. The SMILES string of the molecule is CCc1nn(C)c(CC)c1CNC(=NC)NC1C2CCCOC2C1(C)C.I. The van der Waals surface area contributed by atoms with Crippen LogP contribution in [0.25, 0.3) is 0 Å². The molecule has 2 N–H and O–H groups in total. The van der Waals surface area contributed by atoms with Gasteiger partial charge >= 0.3 is 0 Å². The average molecular weight is 489 g/mol. The third kappa shape index (κ3) is 4.13. The highest BCUT2D eigenvalue weighted by Gasteiger charge is 2.58. The summed E-state index contributed by atoms with van der Waals surface area (Å²) in [7, 11) is 3.88. The predicted molar refractivity (Wildman–Crippen MR) is 121 cm³/mol. The predicted octanol–water partition coefficient (Wildman–Crippen LogP) is 3.03. The van der Waals surface area contributed by atoms with Gasteiger partial charge in [0, 0.05) is 55.9 Å². The van der Waals surface area contributed by atoms with Gasteiger partial charge < -0.3 is 15.4 Å². The quantitative estimate of drug-likeness (QED) is 0.379. The second kappa shape index (κ2) is 9.11. The molecule has 0 amide bonds. The summed E-state index contributed by atoms with van der Waals surface area (Å²) >= 11 is 0. The number of halogens is 1. The van der Waals surface area contributed by atoms with Gasteiger partial charge in [0.05, 0.1) is 11.8 Å². The van der Waals surface area contributed by atoms with Crippen LogP contribution in [0.3, 0.4) is 0 Å². The number of aryl methyl sites for hydroxylation is 2. The first-order chi connectivity index (χ1) is 12.4. The van der Waals surface area contributed by atoms with Crippen molar-refractivity contribution in [3.05, 3.63) is 17.0 Å². The Morgan fingerprint density at radius 3 is 2.70 bits per heavy atom. The van der Waals surface area contributed by atoms with Crippen molar-refractivity contribution in [1.29, 1.82) is 0 Å². The fourth-order valence-corrected chi connectivity index (χ4v) is 4.92. The van der Waals surface area contributed by atoms with Crippen LogP contribution in [-0.2, 0) is 31.2 Å². The number of hydrogen-bond donors (Lipinski definition) is 2. The lowest BCUT2D eigenvalue weighted by atomic mass is 9.55. The van der Waals surface area contributed by atoms with Crippen LogP contribution in [0, 0.1) is 11.3 Å². The summed E-state index contributed by atoms with van der Waals surface area (Å²) in [4.78, 5) is 4.47. The number of nitrogens with zero attached hydrogens (tertiary/aromatic N) is 3. The molecule has 2 fully saturated rings. The van der Waals surface area contributed by atoms with E-state index in [1.54, 1.807) is 0 Å². The van der Waals surface area contributed by atoms with Gasteiger partial charge in [-0.05, 0) is 25.7 Å². The first-order valence-electron chi connectivity index (χ1n) is 10.1. The molecule has 1 aliphatic carbocycles. The standard InChI is InChI=1S/C20H35N5O.HI/c1-7-15-14(16(8-2)25(6)24-15)12-22-19(21-5)23-17-13-10-9-11-26-18(13)20(17,3)4;/h13,17-18H,7-12H2,1-6H3,(H2,21,22,23);1H. The minimum Gasteiger partial charge on any atom is -0.377 e. The van der Waals surface area contributed by atoms with Gasteiger partial charge in [-0.25, -0.2) is 0 Å². The van der Waals surface area contributed by atoms with Gasteiger partial charge in [0.2, 0.25) is 0 Å². The third-order valence-electron chi connectivity index (χ3n) is 6.31. The van der Waals surface area contributed by atoms with E-state index >= 15 is 0 Å². The highest BCUT2D eigenvalue weighted by Crippen LogP contribution is 2.51. The summed E-state index contributed by atoms with van der Waals surface area (Å²) in [5.41, 5.74) is 3.93. The van der Waals surface area contributed by atoms with Crippen LogP contribution in [0.4, 0.5) is 0 Å². The van der Waals surface area contributed by atoms with Crippen molar-refractivity contribution in [3.63, 3.8) is 0 Å². The van der Waals surface area contributed by atoms with E-state index in [9.17, 15) is 0 Å². The molecular weight excluding hydrogens is 453 g/mol. The van der Waals surface area contributed by atoms with Gasteiger partial charge in [0.25, 0.3) is 0 Å². The lowest BCUT2D eigenvalue weighted by Crippen LogP contribution is -2.71. The molecule has 1 aliphatic heterocycles. The molecule has 3 atom stereocenters. The Hall–Kier alpha value is -0.830. The zero-order valence-corrected chi connectivity index (χ0v) is 20.0. The number of hydrogen-bond acceptors (Lipinski definition) is 3. The monoisotopic (exact) mass is 489 g/mol. The van der Waals surface area contributed by atoms with Gasteiger partial charge in [-0.3, -0.25) is 9.67 Å². The molecule has 6 nitrogen and oxygen atoms in total. The molecule has 2 heterocycles. The largest absolute Gasteiger partial charge is 0.377 e. The van der Waals surface area contributed by atoms with E-state index in [2.05, 4.69) is 48.4 Å². The smallest absolute Gasteiger partial charge is 0.191 e. The highest BCUT2D eigenvalue weighted by atomic mass is 127. The van der Waals surface area contributed by atoms with Gasteiger partial charge in [0.15, 0.2) is 5.96 Å². The molecular formula is C20H36IN5O. The molecule has 27 heavy (non-hydrogen) atoms. The van der Waals surface area contributed by atoms with Crippen molar-refractivity contribution in [2.45, 2.75) is 72.1 Å². The van der Waals surface area contributed by atoms with Crippen LogP contribution in [0.15, 0.2) is 4.99 Å². The number of fused-ring (bicyclic) bond motifs is 1. The van der Waals surface area contributed by atoms with E-state index in [0.717, 1.165) is 38.4 Å². The Kier molecular flexibility index (Phi) is 7.58. The third-order valence-corrected chi connectivity index (χ3v) is 6.31. The maximum atomic E-state index is 6.02. The van der Waals surface area contributed by atoms with Crippen LogP contribution in [-0.4, -0.2) is 41.5 Å². The first-order valence-corrected chi connectivity index (χ1v) is 10.1. The van der Waals surface area contributed by atoms with Crippen LogP contribution < -0.4 is 10.6 Å².